The van der Waals surface area contributed by atoms with Crippen LogP contribution in [0.2, 0.25) is 0 Å². The molecule has 1 unspecified atom stereocenters. The van der Waals surface area contributed by atoms with E-state index in [9.17, 15) is 9.59 Å². The minimum Gasteiger partial charge on any atom is -0.381 e. The van der Waals surface area contributed by atoms with Crippen LogP contribution in [-0.4, -0.2) is 30.2 Å². The number of aryl methyl sites for hydroxylation is 1. The van der Waals surface area contributed by atoms with Gasteiger partial charge in [-0.2, -0.15) is 0 Å². The fourth-order valence-corrected chi connectivity index (χ4v) is 3.09. The number of hydrogen-bond donors (Lipinski definition) is 1. The summed E-state index contributed by atoms with van der Waals surface area (Å²) in [6, 6.07) is 8.99. The Morgan fingerprint density at radius 1 is 1.39 bits per heavy atom. The molecule has 0 bridgehead atoms. The van der Waals surface area contributed by atoms with Gasteiger partial charge in [0.1, 0.15) is 6.54 Å². The molecule has 23 heavy (non-hydrogen) atoms. The maximum Gasteiger partial charge on any atom is 0.239 e. The minimum absolute atomic E-state index is 0.00371. The molecule has 3 rings (SSSR count). The molecule has 1 aliphatic heterocycles. The first-order valence-corrected chi connectivity index (χ1v) is 8.09. The van der Waals surface area contributed by atoms with Crippen molar-refractivity contribution in [2.75, 3.05) is 19.8 Å². The zero-order chi connectivity index (χ0) is 16.2. The molecular weight excluding hydrogens is 292 g/mol. The van der Waals surface area contributed by atoms with Gasteiger partial charge in [-0.1, -0.05) is 12.1 Å². The summed E-state index contributed by atoms with van der Waals surface area (Å²) in [5.74, 6) is 0.533. The summed E-state index contributed by atoms with van der Waals surface area (Å²) in [5, 5.41) is 3.62. The van der Waals surface area contributed by atoms with E-state index in [-0.39, 0.29) is 17.9 Å². The molecule has 0 aliphatic carbocycles. The first-order valence-electron chi connectivity index (χ1n) is 8.09. The highest BCUT2D eigenvalue weighted by Gasteiger charge is 2.15. The van der Waals surface area contributed by atoms with Crippen molar-refractivity contribution in [2.24, 2.45) is 5.92 Å². The van der Waals surface area contributed by atoms with E-state index in [1.54, 1.807) is 12.1 Å². The number of fused-ring (bicyclic) bond motifs is 1. The molecule has 0 spiro atoms. The van der Waals surface area contributed by atoms with E-state index in [1.807, 2.05) is 29.7 Å². The van der Waals surface area contributed by atoms with Crippen molar-refractivity contribution in [1.29, 1.82) is 0 Å². The van der Waals surface area contributed by atoms with Gasteiger partial charge < -0.3 is 14.6 Å². The van der Waals surface area contributed by atoms with Gasteiger partial charge in [0, 0.05) is 36.9 Å². The number of amides is 1. The van der Waals surface area contributed by atoms with Gasteiger partial charge in [0.2, 0.25) is 5.91 Å². The number of rotatable bonds is 5. The second-order valence-corrected chi connectivity index (χ2v) is 6.12. The predicted octanol–water partition coefficient (Wildman–Crippen LogP) is 1.85. The van der Waals surface area contributed by atoms with Gasteiger partial charge in [0.25, 0.3) is 0 Å². The van der Waals surface area contributed by atoms with Crippen molar-refractivity contribution in [3.8, 4) is 0 Å². The van der Waals surface area contributed by atoms with Crippen LogP contribution in [0.1, 0.15) is 18.5 Å². The Balaban J connectivity index is 1.68. The summed E-state index contributed by atoms with van der Waals surface area (Å²) < 4.78 is 7.23. The van der Waals surface area contributed by atoms with Crippen LogP contribution in [-0.2, 0) is 16.1 Å². The normalized spacial score (nSPS) is 17.5. The molecule has 1 fully saturated rings. The average molecular weight is 314 g/mol. The topological polar surface area (TPSA) is 60.3 Å². The zero-order valence-electron chi connectivity index (χ0n) is 13.4. The van der Waals surface area contributed by atoms with Crippen LogP contribution < -0.4 is 10.7 Å². The summed E-state index contributed by atoms with van der Waals surface area (Å²) >= 11 is 0. The van der Waals surface area contributed by atoms with Crippen LogP contribution in [0.5, 0.6) is 0 Å². The molecule has 1 saturated heterocycles. The van der Waals surface area contributed by atoms with Gasteiger partial charge in [-0.05, 0) is 37.8 Å². The standard InChI is InChI=1S/C18H22N2O3/c1-13-10-17(21)15-4-2-3-5-16(15)20(13)11-18(22)19-8-6-14-7-9-23-12-14/h2-5,10,14H,6-9,11-12H2,1H3,(H,19,22). The van der Waals surface area contributed by atoms with Crippen molar-refractivity contribution in [3.05, 3.63) is 46.2 Å². The number of pyridine rings is 1. The highest BCUT2D eigenvalue weighted by Crippen LogP contribution is 2.15. The smallest absolute Gasteiger partial charge is 0.239 e. The van der Waals surface area contributed by atoms with Crippen LogP contribution in [0.3, 0.4) is 0 Å². The Labute approximate surface area is 135 Å². The number of hydrogen-bond acceptors (Lipinski definition) is 3. The Morgan fingerprint density at radius 2 is 2.22 bits per heavy atom. The maximum absolute atomic E-state index is 12.2. The third-order valence-corrected chi connectivity index (χ3v) is 4.43. The molecule has 1 N–H and O–H groups in total. The van der Waals surface area contributed by atoms with Gasteiger partial charge in [-0.25, -0.2) is 0 Å². The molecule has 1 aromatic carbocycles. The van der Waals surface area contributed by atoms with E-state index in [2.05, 4.69) is 5.32 Å². The highest BCUT2D eigenvalue weighted by molar-refractivity contribution is 5.82. The first kappa shape index (κ1) is 15.7. The number of carbonyl (C=O) groups is 1. The van der Waals surface area contributed by atoms with Crippen LogP contribution >= 0.6 is 0 Å². The lowest BCUT2D eigenvalue weighted by Crippen LogP contribution is -2.30. The number of carbonyl (C=O) groups excluding carboxylic acids is 1. The summed E-state index contributed by atoms with van der Waals surface area (Å²) in [4.78, 5) is 24.3. The molecule has 1 aromatic heterocycles. The molecular formula is C18H22N2O3. The lowest BCUT2D eigenvalue weighted by atomic mass is 10.1. The number of para-hydroxylation sites is 1. The van der Waals surface area contributed by atoms with Gasteiger partial charge in [0.15, 0.2) is 5.43 Å². The van der Waals surface area contributed by atoms with Crippen molar-refractivity contribution in [2.45, 2.75) is 26.3 Å². The Morgan fingerprint density at radius 3 is 3.00 bits per heavy atom. The van der Waals surface area contributed by atoms with Crippen molar-refractivity contribution in [3.63, 3.8) is 0 Å². The molecule has 122 valence electrons. The Kier molecular flexibility index (Phi) is 4.76. The number of benzene rings is 1. The average Bonchev–Trinajstić information content (AvgIpc) is 3.05. The molecule has 5 nitrogen and oxygen atoms in total. The molecule has 1 atom stereocenters. The Hall–Kier alpha value is -2.14. The van der Waals surface area contributed by atoms with Gasteiger partial charge >= 0.3 is 0 Å². The fraction of sp³-hybridized carbons (Fsp3) is 0.444. The van der Waals surface area contributed by atoms with Crippen LogP contribution in [0.4, 0.5) is 0 Å². The largest absolute Gasteiger partial charge is 0.381 e. The maximum atomic E-state index is 12.2. The lowest BCUT2D eigenvalue weighted by molar-refractivity contribution is -0.121. The second-order valence-electron chi connectivity index (χ2n) is 6.12. The Bertz CT molecular complexity index is 760. The van der Waals surface area contributed by atoms with Crippen molar-refractivity contribution >= 4 is 16.8 Å². The van der Waals surface area contributed by atoms with Gasteiger partial charge in [-0.3, -0.25) is 9.59 Å². The predicted molar refractivity (Wildman–Crippen MR) is 89.5 cm³/mol. The van der Waals surface area contributed by atoms with E-state index >= 15 is 0 Å². The van der Waals surface area contributed by atoms with E-state index < -0.39 is 0 Å². The molecule has 5 heteroatoms. The highest BCUT2D eigenvalue weighted by atomic mass is 16.5. The third-order valence-electron chi connectivity index (χ3n) is 4.43. The zero-order valence-corrected chi connectivity index (χ0v) is 13.4. The number of ether oxygens (including phenoxy) is 1. The minimum atomic E-state index is -0.0270. The van der Waals surface area contributed by atoms with Crippen molar-refractivity contribution in [1.82, 2.24) is 9.88 Å². The lowest BCUT2D eigenvalue weighted by Gasteiger charge is -2.15. The number of aromatic nitrogens is 1. The molecule has 0 radical (unpaired) electrons. The van der Waals surface area contributed by atoms with E-state index in [4.69, 9.17) is 4.74 Å². The van der Waals surface area contributed by atoms with Crippen LogP contribution in [0.25, 0.3) is 10.9 Å². The van der Waals surface area contributed by atoms with E-state index in [0.29, 0.717) is 17.8 Å². The number of nitrogens with one attached hydrogen (secondary N) is 1. The van der Waals surface area contributed by atoms with E-state index in [0.717, 1.165) is 37.3 Å². The van der Waals surface area contributed by atoms with Crippen molar-refractivity contribution < 1.29 is 9.53 Å². The fourth-order valence-electron chi connectivity index (χ4n) is 3.09. The summed E-state index contributed by atoms with van der Waals surface area (Å²) in [6.07, 6.45) is 2.04. The molecule has 1 amide bonds. The van der Waals surface area contributed by atoms with Gasteiger partial charge in [0.05, 0.1) is 5.52 Å². The monoisotopic (exact) mass is 314 g/mol. The number of nitrogens with zero attached hydrogens (tertiary/aromatic N) is 1. The quantitative estimate of drug-likeness (QED) is 0.916. The molecule has 0 saturated carbocycles. The van der Waals surface area contributed by atoms with E-state index in [1.165, 1.54) is 0 Å². The summed E-state index contributed by atoms with van der Waals surface area (Å²) in [7, 11) is 0. The SMILES string of the molecule is Cc1cc(=O)c2ccccc2n1CC(=O)NCCC1CCOC1. The van der Waals surface area contributed by atoms with Gasteiger partial charge in [-0.15, -0.1) is 0 Å². The summed E-state index contributed by atoms with van der Waals surface area (Å²) in [6.45, 7) is 4.40. The molecule has 2 heterocycles. The first-order chi connectivity index (χ1) is 11.1. The summed E-state index contributed by atoms with van der Waals surface area (Å²) in [5.41, 5.74) is 1.60. The molecule has 1 aliphatic rings. The molecule has 2 aromatic rings. The second kappa shape index (κ2) is 6.96. The van der Waals surface area contributed by atoms with Crippen LogP contribution in [0.15, 0.2) is 35.1 Å². The van der Waals surface area contributed by atoms with Crippen LogP contribution in [0, 0.1) is 12.8 Å². The third kappa shape index (κ3) is 3.62.